The van der Waals surface area contributed by atoms with Gasteiger partial charge in [0.25, 0.3) is 0 Å². The first-order valence-corrected chi connectivity index (χ1v) is 7.83. The number of aliphatic carboxylic acids is 1. The first-order valence-electron chi connectivity index (χ1n) is 7.83. The predicted molar refractivity (Wildman–Crippen MR) is 78.5 cm³/mol. The Kier molecular flexibility index (Phi) is 8.26. The fourth-order valence-corrected chi connectivity index (χ4v) is 2.81. The molecule has 1 heterocycles. The molecule has 2 unspecified atom stereocenters. The van der Waals surface area contributed by atoms with E-state index in [0.717, 1.165) is 38.6 Å². The summed E-state index contributed by atoms with van der Waals surface area (Å²) >= 11 is 0. The molecule has 3 N–H and O–H groups in total. The molecule has 116 valence electrons. The fraction of sp³-hybridized carbons (Fsp3) is 0.867. The van der Waals surface area contributed by atoms with Gasteiger partial charge in [-0.15, -0.1) is 0 Å². The molecular weight excluding hydrogens is 256 g/mol. The Bertz CT molecular complexity index is 301. The first-order chi connectivity index (χ1) is 9.61. The number of hydrogen-bond donors (Lipinski definition) is 3. The van der Waals surface area contributed by atoms with Gasteiger partial charge >= 0.3 is 5.97 Å². The lowest BCUT2D eigenvalue weighted by Crippen LogP contribution is -2.32. The molecular formula is C15H28N2O3. The third-order valence-corrected chi connectivity index (χ3v) is 3.93. The third-order valence-electron chi connectivity index (χ3n) is 3.93. The van der Waals surface area contributed by atoms with E-state index in [9.17, 15) is 9.59 Å². The molecule has 0 radical (unpaired) electrons. The number of carbonyl (C=O) groups is 2. The van der Waals surface area contributed by atoms with Gasteiger partial charge in [-0.2, -0.15) is 0 Å². The lowest BCUT2D eigenvalue weighted by atomic mass is 9.94. The van der Waals surface area contributed by atoms with Crippen molar-refractivity contribution in [3.63, 3.8) is 0 Å². The average molecular weight is 284 g/mol. The number of carboxylic acids is 1. The standard InChI is InChI=1S/C15H28N2O3/c1-2-4-12(6-7-15(19)20)8-10-17-14(18)11-13-5-3-9-16-13/h12-13,16H,2-11H2,1H3,(H,17,18)(H,19,20). The highest BCUT2D eigenvalue weighted by molar-refractivity contribution is 5.76. The van der Waals surface area contributed by atoms with E-state index in [1.807, 2.05) is 0 Å². The highest BCUT2D eigenvalue weighted by atomic mass is 16.4. The van der Waals surface area contributed by atoms with Crippen LogP contribution in [0.2, 0.25) is 0 Å². The van der Waals surface area contributed by atoms with Crippen molar-refractivity contribution in [1.82, 2.24) is 10.6 Å². The van der Waals surface area contributed by atoms with E-state index in [4.69, 9.17) is 5.11 Å². The van der Waals surface area contributed by atoms with Crippen LogP contribution >= 0.6 is 0 Å². The molecule has 0 spiro atoms. The normalized spacial score (nSPS) is 19.8. The highest BCUT2D eigenvalue weighted by Gasteiger charge is 2.17. The molecule has 1 rings (SSSR count). The Morgan fingerprint density at radius 3 is 2.75 bits per heavy atom. The van der Waals surface area contributed by atoms with Gasteiger partial charge in [-0.05, 0) is 38.1 Å². The van der Waals surface area contributed by atoms with Crippen molar-refractivity contribution in [3.8, 4) is 0 Å². The molecule has 1 saturated heterocycles. The van der Waals surface area contributed by atoms with E-state index in [2.05, 4.69) is 17.6 Å². The maximum absolute atomic E-state index is 11.8. The van der Waals surface area contributed by atoms with Crippen molar-refractivity contribution in [3.05, 3.63) is 0 Å². The minimum Gasteiger partial charge on any atom is -0.481 e. The van der Waals surface area contributed by atoms with E-state index in [1.165, 1.54) is 0 Å². The fourth-order valence-electron chi connectivity index (χ4n) is 2.81. The van der Waals surface area contributed by atoms with Gasteiger partial charge in [0.1, 0.15) is 0 Å². The number of amides is 1. The summed E-state index contributed by atoms with van der Waals surface area (Å²) in [4.78, 5) is 22.4. The summed E-state index contributed by atoms with van der Waals surface area (Å²) in [5.41, 5.74) is 0. The van der Waals surface area contributed by atoms with E-state index in [1.54, 1.807) is 0 Å². The Morgan fingerprint density at radius 1 is 1.35 bits per heavy atom. The molecule has 0 aliphatic carbocycles. The van der Waals surface area contributed by atoms with Crippen LogP contribution in [0, 0.1) is 5.92 Å². The molecule has 0 aromatic rings. The second kappa shape index (κ2) is 9.75. The number of carboxylic acid groups (broad SMARTS) is 1. The zero-order valence-electron chi connectivity index (χ0n) is 12.5. The van der Waals surface area contributed by atoms with Gasteiger partial charge in [-0.3, -0.25) is 9.59 Å². The van der Waals surface area contributed by atoms with Gasteiger partial charge in [0, 0.05) is 25.4 Å². The Labute approximate surface area is 121 Å². The van der Waals surface area contributed by atoms with Gasteiger partial charge in [-0.25, -0.2) is 0 Å². The highest BCUT2D eigenvalue weighted by Crippen LogP contribution is 2.17. The molecule has 5 heteroatoms. The van der Waals surface area contributed by atoms with Crippen LogP contribution in [0.5, 0.6) is 0 Å². The van der Waals surface area contributed by atoms with Gasteiger partial charge in [0.2, 0.25) is 5.91 Å². The van der Waals surface area contributed by atoms with Crippen molar-refractivity contribution in [2.75, 3.05) is 13.1 Å². The first kappa shape index (κ1) is 17.0. The number of carbonyl (C=O) groups excluding carboxylic acids is 1. The third kappa shape index (κ3) is 7.48. The Morgan fingerprint density at radius 2 is 2.15 bits per heavy atom. The van der Waals surface area contributed by atoms with E-state index in [-0.39, 0.29) is 12.3 Å². The van der Waals surface area contributed by atoms with Crippen LogP contribution in [0.1, 0.15) is 58.3 Å². The molecule has 1 fully saturated rings. The Balaban J connectivity index is 2.14. The van der Waals surface area contributed by atoms with Crippen LogP contribution in [0.15, 0.2) is 0 Å². The van der Waals surface area contributed by atoms with Crippen molar-refractivity contribution in [2.45, 2.75) is 64.3 Å². The molecule has 2 atom stereocenters. The number of hydrogen-bond acceptors (Lipinski definition) is 3. The van der Waals surface area contributed by atoms with Crippen molar-refractivity contribution in [1.29, 1.82) is 0 Å². The largest absolute Gasteiger partial charge is 0.481 e. The quantitative estimate of drug-likeness (QED) is 0.572. The van der Waals surface area contributed by atoms with E-state index >= 15 is 0 Å². The summed E-state index contributed by atoms with van der Waals surface area (Å²) < 4.78 is 0. The topological polar surface area (TPSA) is 78.4 Å². The maximum Gasteiger partial charge on any atom is 0.303 e. The van der Waals surface area contributed by atoms with Crippen LogP contribution < -0.4 is 10.6 Å². The summed E-state index contributed by atoms with van der Waals surface area (Å²) in [6.45, 7) is 3.79. The van der Waals surface area contributed by atoms with E-state index in [0.29, 0.717) is 31.3 Å². The van der Waals surface area contributed by atoms with Crippen molar-refractivity contribution in [2.24, 2.45) is 5.92 Å². The average Bonchev–Trinajstić information content (AvgIpc) is 2.88. The van der Waals surface area contributed by atoms with Crippen LogP contribution in [-0.4, -0.2) is 36.1 Å². The second-order valence-electron chi connectivity index (χ2n) is 5.72. The molecule has 0 bridgehead atoms. The molecule has 1 aliphatic rings. The zero-order valence-corrected chi connectivity index (χ0v) is 12.5. The Hall–Kier alpha value is -1.10. The molecule has 1 amide bonds. The summed E-state index contributed by atoms with van der Waals surface area (Å²) in [6, 6.07) is 0.341. The van der Waals surface area contributed by atoms with Crippen molar-refractivity contribution >= 4 is 11.9 Å². The van der Waals surface area contributed by atoms with Gasteiger partial charge in [-0.1, -0.05) is 19.8 Å². The summed E-state index contributed by atoms with van der Waals surface area (Å²) in [5.74, 6) is -0.221. The number of nitrogens with one attached hydrogen (secondary N) is 2. The minimum absolute atomic E-state index is 0.109. The summed E-state index contributed by atoms with van der Waals surface area (Å²) in [6.07, 6.45) is 6.72. The number of rotatable bonds is 10. The van der Waals surface area contributed by atoms with Crippen LogP contribution in [0.3, 0.4) is 0 Å². The molecule has 20 heavy (non-hydrogen) atoms. The van der Waals surface area contributed by atoms with Crippen LogP contribution in [0.25, 0.3) is 0 Å². The lowest BCUT2D eigenvalue weighted by Gasteiger charge is -2.16. The van der Waals surface area contributed by atoms with Gasteiger partial charge < -0.3 is 15.7 Å². The second-order valence-corrected chi connectivity index (χ2v) is 5.72. The molecule has 0 aromatic carbocycles. The van der Waals surface area contributed by atoms with Gasteiger partial charge in [0.05, 0.1) is 0 Å². The lowest BCUT2D eigenvalue weighted by molar-refractivity contribution is -0.137. The zero-order chi connectivity index (χ0) is 14.8. The molecule has 0 saturated carbocycles. The minimum atomic E-state index is -0.734. The molecule has 0 aromatic heterocycles. The smallest absolute Gasteiger partial charge is 0.303 e. The summed E-state index contributed by atoms with van der Waals surface area (Å²) in [7, 11) is 0. The van der Waals surface area contributed by atoms with Crippen LogP contribution in [-0.2, 0) is 9.59 Å². The van der Waals surface area contributed by atoms with E-state index < -0.39 is 5.97 Å². The summed E-state index contributed by atoms with van der Waals surface area (Å²) in [5, 5.41) is 15.0. The predicted octanol–water partition coefficient (Wildman–Crippen LogP) is 1.92. The van der Waals surface area contributed by atoms with Crippen molar-refractivity contribution < 1.29 is 14.7 Å². The SMILES string of the molecule is CCCC(CCNC(=O)CC1CCCN1)CCC(=O)O. The van der Waals surface area contributed by atoms with Gasteiger partial charge in [0.15, 0.2) is 0 Å². The molecule has 5 nitrogen and oxygen atoms in total. The van der Waals surface area contributed by atoms with Crippen LogP contribution in [0.4, 0.5) is 0 Å². The molecule has 1 aliphatic heterocycles. The maximum atomic E-state index is 11.8. The monoisotopic (exact) mass is 284 g/mol.